The molecule has 3 aliphatic carbocycles. The smallest absolute Gasteiger partial charge is 0.166 e. The lowest BCUT2D eigenvalue weighted by Crippen LogP contribution is -2.52. The van der Waals surface area contributed by atoms with Crippen LogP contribution in [-0.2, 0) is 6.42 Å². The molecule has 1 heteroatoms. The Hall–Kier alpha value is -1.63. The van der Waals surface area contributed by atoms with E-state index >= 15 is 0 Å². The molecule has 0 amide bonds. The summed E-state index contributed by atoms with van der Waals surface area (Å²) in [7, 11) is 0. The molecule has 0 bridgehead atoms. The fourth-order valence-corrected chi connectivity index (χ4v) is 7.52. The summed E-state index contributed by atoms with van der Waals surface area (Å²) in [4.78, 5) is 13.7. The second-order valence-electron chi connectivity index (χ2n) is 10.4. The van der Waals surface area contributed by atoms with Crippen LogP contribution < -0.4 is 0 Å². The van der Waals surface area contributed by atoms with Crippen LogP contribution in [0.15, 0.2) is 36.4 Å². The molecule has 0 saturated heterocycles. The molecule has 2 aromatic rings. The lowest BCUT2D eigenvalue weighted by Gasteiger charge is -2.59. The van der Waals surface area contributed by atoms with Crippen LogP contribution in [0.5, 0.6) is 0 Å². The Morgan fingerprint density at radius 1 is 0.926 bits per heavy atom. The van der Waals surface area contributed by atoms with Crippen LogP contribution in [0.4, 0.5) is 0 Å². The van der Waals surface area contributed by atoms with Crippen molar-refractivity contribution in [1.82, 2.24) is 0 Å². The van der Waals surface area contributed by atoms with E-state index in [9.17, 15) is 4.79 Å². The van der Waals surface area contributed by atoms with Crippen molar-refractivity contribution in [3.05, 3.63) is 47.5 Å². The van der Waals surface area contributed by atoms with Gasteiger partial charge in [0.15, 0.2) is 5.78 Å². The molecule has 5 rings (SSSR count). The molecular weight excluding hydrogens is 328 g/mol. The fraction of sp³-hybridized carbons (Fsp3) is 0.577. The van der Waals surface area contributed by atoms with Gasteiger partial charge >= 0.3 is 0 Å². The molecule has 2 fully saturated rings. The molecule has 0 heterocycles. The zero-order chi connectivity index (χ0) is 18.8. The van der Waals surface area contributed by atoms with Gasteiger partial charge in [-0.25, -0.2) is 0 Å². The molecule has 0 spiro atoms. The van der Waals surface area contributed by atoms with Gasteiger partial charge < -0.3 is 0 Å². The number of carbonyl (C=O) groups is 1. The van der Waals surface area contributed by atoms with E-state index in [1.165, 1.54) is 48.4 Å². The van der Waals surface area contributed by atoms with Gasteiger partial charge in [-0.05, 0) is 77.5 Å². The van der Waals surface area contributed by atoms with Gasteiger partial charge in [-0.15, -0.1) is 0 Å². The van der Waals surface area contributed by atoms with E-state index in [0.717, 1.165) is 24.3 Å². The molecule has 4 atom stereocenters. The minimum Gasteiger partial charge on any atom is -0.294 e. The van der Waals surface area contributed by atoms with Gasteiger partial charge in [0.2, 0.25) is 0 Å². The predicted molar refractivity (Wildman–Crippen MR) is 112 cm³/mol. The molecule has 1 nitrogen and oxygen atoms in total. The predicted octanol–water partition coefficient (Wildman–Crippen LogP) is 6.83. The molecule has 0 radical (unpaired) electrons. The van der Waals surface area contributed by atoms with Gasteiger partial charge in [-0.1, -0.05) is 63.6 Å². The van der Waals surface area contributed by atoms with Crippen molar-refractivity contribution in [3.8, 4) is 0 Å². The second-order valence-corrected chi connectivity index (χ2v) is 10.4. The van der Waals surface area contributed by atoms with Crippen molar-refractivity contribution in [2.45, 2.75) is 65.7 Å². The molecule has 2 aromatic carbocycles. The Labute approximate surface area is 163 Å². The Morgan fingerprint density at radius 3 is 2.59 bits per heavy atom. The summed E-state index contributed by atoms with van der Waals surface area (Å²) in [6, 6.07) is 12.9. The van der Waals surface area contributed by atoms with Crippen LogP contribution in [0.1, 0.15) is 75.2 Å². The molecule has 0 N–H and O–H groups in total. The number of rotatable bonds is 0. The molecule has 142 valence electrons. The van der Waals surface area contributed by atoms with Crippen LogP contribution >= 0.6 is 0 Å². The lowest BCUT2D eigenvalue weighted by atomic mass is 9.45. The third kappa shape index (κ3) is 2.46. The highest BCUT2D eigenvalue weighted by atomic mass is 16.1. The summed E-state index contributed by atoms with van der Waals surface area (Å²) in [6.45, 7) is 7.50. The third-order valence-corrected chi connectivity index (χ3v) is 8.72. The normalized spacial score (nSPS) is 35.1. The minimum atomic E-state index is 0.238. The van der Waals surface area contributed by atoms with Crippen molar-refractivity contribution in [2.75, 3.05) is 0 Å². The number of hydrogen-bond acceptors (Lipinski definition) is 1. The highest BCUT2D eigenvalue weighted by Crippen LogP contribution is 2.63. The molecular formula is C26H32O. The summed E-state index contributed by atoms with van der Waals surface area (Å²) < 4.78 is 0. The zero-order valence-electron chi connectivity index (χ0n) is 17.1. The van der Waals surface area contributed by atoms with Gasteiger partial charge in [0.1, 0.15) is 0 Å². The maximum Gasteiger partial charge on any atom is 0.166 e. The van der Waals surface area contributed by atoms with E-state index in [4.69, 9.17) is 0 Å². The van der Waals surface area contributed by atoms with Crippen molar-refractivity contribution in [3.63, 3.8) is 0 Å². The Balaban J connectivity index is 1.60. The zero-order valence-corrected chi connectivity index (χ0v) is 17.1. The fourth-order valence-electron chi connectivity index (χ4n) is 7.52. The van der Waals surface area contributed by atoms with Gasteiger partial charge in [0.05, 0.1) is 0 Å². The monoisotopic (exact) mass is 360 g/mol. The number of hydrogen-bond donors (Lipinski definition) is 0. The van der Waals surface area contributed by atoms with Crippen LogP contribution in [0, 0.1) is 28.6 Å². The van der Waals surface area contributed by atoms with Crippen molar-refractivity contribution in [2.24, 2.45) is 28.6 Å². The Bertz CT molecular complexity index is 908. The number of aryl methyl sites for hydroxylation is 1. The summed E-state index contributed by atoms with van der Waals surface area (Å²) in [5.74, 6) is 2.00. The van der Waals surface area contributed by atoms with Crippen molar-refractivity contribution in [1.29, 1.82) is 0 Å². The van der Waals surface area contributed by atoms with Gasteiger partial charge in [-0.2, -0.15) is 0 Å². The third-order valence-electron chi connectivity index (χ3n) is 8.72. The number of carbonyl (C=O) groups excluding carboxylic acids is 1. The first kappa shape index (κ1) is 17.5. The van der Waals surface area contributed by atoms with E-state index < -0.39 is 0 Å². The summed E-state index contributed by atoms with van der Waals surface area (Å²) >= 11 is 0. The SMILES string of the molecule is CC1(C)CCC[C@]2(C)[C@H]3CCc4c(ccc5ccccc45)C(=O)[C@H]3CC[C@@H]12. The van der Waals surface area contributed by atoms with Gasteiger partial charge in [-0.3, -0.25) is 4.79 Å². The topological polar surface area (TPSA) is 17.1 Å². The molecule has 0 unspecified atom stereocenters. The van der Waals surface area contributed by atoms with E-state index in [0.29, 0.717) is 22.5 Å². The Kier molecular flexibility index (Phi) is 3.84. The molecule has 0 aromatic heterocycles. The molecule has 0 aliphatic heterocycles. The van der Waals surface area contributed by atoms with E-state index in [-0.39, 0.29) is 5.92 Å². The minimum absolute atomic E-state index is 0.238. The first-order chi connectivity index (χ1) is 12.9. The highest BCUT2D eigenvalue weighted by molar-refractivity contribution is 6.04. The van der Waals surface area contributed by atoms with Gasteiger partial charge in [0.25, 0.3) is 0 Å². The van der Waals surface area contributed by atoms with Crippen LogP contribution in [0.3, 0.4) is 0 Å². The lowest BCUT2D eigenvalue weighted by molar-refractivity contribution is -0.0909. The van der Waals surface area contributed by atoms with Crippen LogP contribution in [0.25, 0.3) is 10.8 Å². The summed E-state index contributed by atoms with van der Waals surface area (Å²) in [6.07, 6.45) is 8.56. The quantitative estimate of drug-likeness (QED) is 0.503. The maximum absolute atomic E-state index is 13.7. The second kappa shape index (κ2) is 5.93. The van der Waals surface area contributed by atoms with E-state index in [1.54, 1.807) is 0 Å². The standard InChI is InChI=1S/C26H32O/c1-25(2)15-6-16-26(3)22-13-11-19-18-8-5-4-7-17(18)9-10-20(19)24(27)21(22)12-14-23(25)26/h4-5,7-10,21-23H,6,11-16H2,1-3H3/t21-,22-,23-,26+/m0/s1. The van der Waals surface area contributed by atoms with E-state index in [1.807, 2.05) is 0 Å². The molecule has 27 heavy (non-hydrogen) atoms. The number of fused-ring (bicyclic) bond motifs is 6. The Morgan fingerprint density at radius 2 is 1.74 bits per heavy atom. The van der Waals surface area contributed by atoms with Crippen LogP contribution in [-0.4, -0.2) is 5.78 Å². The van der Waals surface area contributed by atoms with Crippen LogP contribution in [0.2, 0.25) is 0 Å². The maximum atomic E-state index is 13.7. The molecule has 3 aliphatic rings. The average molecular weight is 361 g/mol. The highest BCUT2D eigenvalue weighted by Gasteiger charge is 2.56. The number of Topliss-reactive ketones (excluding diaryl/α,β-unsaturated/α-hetero) is 1. The van der Waals surface area contributed by atoms with Gasteiger partial charge in [0, 0.05) is 11.5 Å². The summed E-state index contributed by atoms with van der Waals surface area (Å²) in [5, 5.41) is 2.57. The first-order valence-corrected chi connectivity index (χ1v) is 11.0. The average Bonchev–Trinajstić information content (AvgIpc) is 2.79. The molecule has 2 saturated carbocycles. The summed E-state index contributed by atoms with van der Waals surface area (Å²) in [5.41, 5.74) is 3.10. The number of ketones is 1. The van der Waals surface area contributed by atoms with E-state index in [2.05, 4.69) is 57.2 Å². The number of benzene rings is 2. The largest absolute Gasteiger partial charge is 0.294 e. The van der Waals surface area contributed by atoms with Crippen molar-refractivity contribution >= 4 is 16.6 Å². The first-order valence-electron chi connectivity index (χ1n) is 11.0. The van der Waals surface area contributed by atoms with Crippen molar-refractivity contribution < 1.29 is 4.79 Å².